The Kier molecular flexibility index (Phi) is 4.16. The molecule has 1 aromatic rings. The number of hydrogen-bond donors (Lipinski definition) is 2. The van der Waals surface area contributed by atoms with Crippen LogP contribution >= 0.6 is 0 Å². The molecule has 0 aliphatic carbocycles. The first-order chi connectivity index (χ1) is 7.13. The Bertz CT molecular complexity index is 347. The lowest BCUT2D eigenvalue weighted by Crippen LogP contribution is -1.97. The molecule has 0 radical (unpaired) electrons. The van der Waals surface area contributed by atoms with Crippen molar-refractivity contribution in [2.45, 2.75) is 26.2 Å². The van der Waals surface area contributed by atoms with E-state index < -0.39 is 5.97 Å². The molecule has 0 saturated heterocycles. The molecule has 0 saturated carbocycles. The van der Waals surface area contributed by atoms with Crippen LogP contribution in [0.5, 0.6) is 0 Å². The summed E-state index contributed by atoms with van der Waals surface area (Å²) in [6, 6.07) is 6.19. The molecule has 0 spiro atoms. The van der Waals surface area contributed by atoms with Gasteiger partial charge in [-0.1, -0.05) is 12.1 Å². The van der Waals surface area contributed by atoms with E-state index in [-0.39, 0.29) is 6.42 Å². The van der Waals surface area contributed by atoms with Gasteiger partial charge in [0.2, 0.25) is 0 Å². The first-order valence-electron chi connectivity index (χ1n) is 5.12. The zero-order valence-corrected chi connectivity index (χ0v) is 9.21. The van der Waals surface area contributed by atoms with Crippen LogP contribution in [-0.4, -0.2) is 18.1 Å². The molecule has 0 aromatic heterocycles. The molecule has 0 unspecified atom stereocenters. The van der Waals surface area contributed by atoms with Crippen molar-refractivity contribution in [2.24, 2.45) is 0 Å². The highest BCUT2D eigenvalue weighted by molar-refractivity contribution is 5.66. The Balaban J connectivity index is 2.58. The standard InChI is InChI=1S/C12H17NO2/c1-9-6-7-10(8-11(9)13-2)4-3-5-12(14)15/h6-8,13H,3-5H2,1-2H3,(H,14,15). The van der Waals surface area contributed by atoms with Crippen LogP contribution < -0.4 is 5.32 Å². The molecule has 3 nitrogen and oxygen atoms in total. The number of anilines is 1. The second-order valence-electron chi connectivity index (χ2n) is 3.65. The molecule has 3 heteroatoms. The van der Waals surface area contributed by atoms with Gasteiger partial charge in [0.1, 0.15) is 0 Å². The fourth-order valence-corrected chi connectivity index (χ4v) is 1.54. The number of carbonyl (C=O) groups is 1. The van der Waals surface area contributed by atoms with Crippen LogP contribution in [0.15, 0.2) is 18.2 Å². The maximum Gasteiger partial charge on any atom is 0.303 e. The van der Waals surface area contributed by atoms with Crippen LogP contribution in [0.2, 0.25) is 0 Å². The van der Waals surface area contributed by atoms with Gasteiger partial charge in [-0.25, -0.2) is 0 Å². The van der Waals surface area contributed by atoms with Crippen LogP contribution in [0.4, 0.5) is 5.69 Å². The zero-order chi connectivity index (χ0) is 11.3. The molecule has 0 heterocycles. The monoisotopic (exact) mass is 207 g/mol. The van der Waals surface area contributed by atoms with Crippen LogP contribution in [-0.2, 0) is 11.2 Å². The summed E-state index contributed by atoms with van der Waals surface area (Å²) in [6.45, 7) is 2.05. The van der Waals surface area contributed by atoms with E-state index in [4.69, 9.17) is 5.11 Å². The van der Waals surface area contributed by atoms with Gasteiger partial charge in [0.25, 0.3) is 0 Å². The summed E-state index contributed by atoms with van der Waals surface area (Å²) in [4.78, 5) is 10.4. The van der Waals surface area contributed by atoms with E-state index in [0.29, 0.717) is 6.42 Å². The molecule has 0 aliphatic rings. The predicted octanol–water partition coefficient (Wildman–Crippen LogP) is 2.44. The number of hydrogen-bond acceptors (Lipinski definition) is 2. The summed E-state index contributed by atoms with van der Waals surface area (Å²) >= 11 is 0. The fraction of sp³-hybridized carbons (Fsp3) is 0.417. The van der Waals surface area contributed by atoms with Gasteiger partial charge in [-0.15, -0.1) is 0 Å². The Morgan fingerprint density at radius 3 is 2.80 bits per heavy atom. The average molecular weight is 207 g/mol. The molecule has 0 bridgehead atoms. The van der Waals surface area contributed by atoms with Gasteiger partial charge in [-0.05, 0) is 37.0 Å². The Morgan fingerprint density at radius 2 is 2.20 bits per heavy atom. The lowest BCUT2D eigenvalue weighted by Gasteiger charge is -2.07. The summed E-state index contributed by atoms with van der Waals surface area (Å²) < 4.78 is 0. The topological polar surface area (TPSA) is 49.3 Å². The molecule has 1 rings (SSSR count). The number of benzene rings is 1. The highest BCUT2D eigenvalue weighted by Crippen LogP contribution is 2.17. The van der Waals surface area contributed by atoms with E-state index in [1.54, 1.807) is 0 Å². The molecule has 0 aliphatic heterocycles. The van der Waals surface area contributed by atoms with E-state index >= 15 is 0 Å². The highest BCUT2D eigenvalue weighted by Gasteiger charge is 2.01. The van der Waals surface area contributed by atoms with Crippen molar-refractivity contribution in [3.63, 3.8) is 0 Å². The zero-order valence-electron chi connectivity index (χ0n) is 9.21. The normalized spacial score (nSPS) is 10.0. The molecule has 82 valence electrons. The summed E-state index contributed by atoms with van der Waals surface area (Å²) in [5, 5.41) is 11.6. The molecule has 0 atom stereocenters. The summed E-state index contributed by atoms with van der Waals surface area (Å²) in [5.74, 6) is -0.726. The van der Waals surface area contributed by atoms with Gasteiger partial charge < -0.3 is 10.4 Å². The van der Waals surface area contributed by atoms with E-state index in [1.165, 1.54) is 11.1 Å². The minimum absolute atomic E-state index is 0.239. The van der Waals surface area contributed by atoms with Crippen molar-refractivity contribution >= 4 is 11.7 Å². The van der Waals surface area contributed by atoms with E-state index in [0.717, 1.165) is 12.1 Å². The minimum atomic E-state index is -0.726. The number of aryl methyl sites for hydroxylation is 2. The van der Waals surface area contributed by atoms with Crippen molar-refractivity contribution in [3.05, 3.63) is 29.3 Å². The Morgan fingerprint density at radius 1 is 1.47 bits per heavy atom. The van der Waals surface area contributed by atoms with Crippen LogP contribution in [0.1, 0.15) is 24.0 Å². The quantitative estimate of drug-likeness (QED) is 0.779. The van der Waals surface area contributed by atoms with E-state index in [2.05, 4.69) is 23.5 Å². The van der Waals surface area contributed by atoms with Gasteiger partial charge in [0.05, 0.1) is 0 Å². The van der Waals surface area contributed by atoms with E-state index in [9.17, 15) is 4.79 Å². The molecular weight excluding hydrogens is 190 g/mol. The third-order valence-electron chi connectivity index (χ3n) is 2.43. The molecular formula is C12H17NO2. The summed E-state index contributed by atoms with van der Waals surface area (Å²) in [5.41, 5.74) is 3.51. The third kappa shape index (κ3) is 3.62. The maximum absolute atomic E-state index is 10.4. The second-order valence-corrected chi connectivity index (χ2v) is 3.65. The minimum Gasteiger partial charge on any atom is -0.481 e. The number of rotatable bonds is 5. The molecule has 0 amide bonds. The smallest absolute Gasteiger partial charge is 0.303 e. The predicted molar refractivity (Wildman–Crippen MR) is 61.3 cm³/mol. The second kappa shape index (κ2) is 5.39. The van der Waals surface area contributed by atoms with Crippen molar-refractivity contribution < 1.29 is 9.90 Å². The van der Waals surface area contributed by atoms with Crippen LogP contribution in [0.25, 0.3) is 0 Å². The lowest BCUT2D eigenvalue weighted by molar-refractivity contribution is -0.137. The Labute approximate surface area is 90.1 Å². The van der Waals surface area contributed by atoms with Crippen molar-refractivity contribution in [3.8, 4) is 0 Å². The number of aliphatic carboxylic acids is 1. The molecule has 0 fully saturated rings. The molecule has 1 aromatic carbocycles. The van der Waals surface area contributed by atoms with Gasteiger partial charge in [0.15, 0.2) is 0 Å². The molecule has 2 N–H and O–H groups in total. The van der Waals surface area contributed by atoms with Gasteiger partial charge >= 0.3 is 5.97 Å². The van der Waals surface area contributed by atoms with Crippen LogP contribution in [0.3, 0.4) is 0 Å². The molecule has 15 heavy (non-hydrogen) atoms. The number of nitrogens with one attached hydrogen (secondary N) is 1. The fourth-order valence-electron chi connectivity index (χ4n) is 1.54. The summed E-state index contributed by atoms with van der Waals surface area (Å²) in [7, 11) is 1.89. The SMILES string of the molecule is CNc1cc(CCCC(=O)O)ccc1C. The first-order valence-corrected chi connectivity index (χ1v) is 5.12. The summed E-state index contributed by atoms with van der Waals surface area (Å²) in [6.07, 6.45) is 1.76. The van der Waals surface area contributed by atoms with Crippen LogP contribution in [0, 0.1) is 6.92 Å². The van der Waals surface area contributed by atoms with E-state index in [1.807, 2.05) is 14.0 Å². The van der Waals surface area contributed by atoms with Gasteiger partial charge in [-0.2, -0.15) is 0 Å². The van der Waals surface area contributed by atoms with Crippen molar-refractivity contribution in [2.75, 3.05) is 12.4 Å². The van der Waals surface area contributed by atoms with Gasteiger partial charge in [0, 0.05) is 19.2 Å². The van der Waals surface area contributed by atoms with Crippen molar-refractivity contribution in [1.29, 1.82) is 0 Å². The highest BCUT2D eigenvalue weighted by atomic mass is 16.4. The largest absolute Gasteiger partial charge is 0.481 e. The Hall–Kier alpha value is -1.51. The third-order valence-corrected chi connectivity index (χ3v) is 2.43. The number of carboxylic acids is 1. The maximum atomic E-state index is 10.4. The van der Waals surface area contributed by atoms with Gasteiger partial charge in [-0.3, -0.25) is 4.79 Å². The first kappa shape index (κ1) is 11.6. The average Bonchev–Trinajstić information content (AvgIpc) is 2.20. The number of carboxylic acid groups (broad SMARTS) is 1. The van der Waals surface area contributed by atoms with Crippen molar-refractivity contribution in [1.82, 2.24) is 0 Å². The lowest BCUT2D eigenvalue weighted by atomic mass is 10.0.